The van der Waals surface area contributed by atoms with E-state index in [1.54, 1.807) is 7.11 Å². The van der Waals surface area contributed by atoms with Crippen LogP contribution >= 0.6 is 0 Å². The summed E-state index contributed by atoms with van der Waals surface area (Å²) in [4.78, 5) is 6.70. The third-order valence-electron chi connectivity index (χ3n) is 2.47. The van der Waals surface area contributed by atoms with Crippen LogP contribution in [0.5, 0.6) is 0 Å². The maximum atomic E-state index is 5.39. The van der Waals surface area contributed by atoms with Gasteiger partial charge in [0.15, 0.2) is 5.96 Å². The van der Waals surface area contributed by atoms with Crippen molar-refractivity contribution in [2.45, 2.75) is 26.7 Å². The summed E-state index contributed by atoms with van der Waals surface area (Å²) in [6, 6.07) is 0. The van der Waals surface area contributed by atoms with Crippen molar-refractivity contribution in [3.8, 4) is 0 Å². The lowest BCUT2D eigenvalue weighted by Crippen LogP contribution is -2.39. The smallest absolute Gasteiger partial charge is 0.193 e. The molecule has 0 aliphatic carbocycles. The van der Waals surface area contributed by atoms with Gasteiger partial charge in [-0.05, 0) is 13.3 Å². The zero-order valence-corrected chi connectivity index (χ0v) is 12.4. The number of nitrogens with zero attached hydrogens (tertiary/aromatic N) is 2. The third-order valence-corrected chi connectivity index (χ3v) is 2.47. The molecular weight excluding hydrogens is 230 g/mol. The highest BCUT2D eigenvalue weighted by Crippen LogP contribution is 1.93. The number of hydrogen-bond donors (Lipinski definition) is 1. The number of unbranched alkanes of at least 4 members (excludes halogenated alkanes) is 1. The van der Waals surface area contributed by atoms with Crippen LogP contribution in [0.4, 0.5) is 0 Å². The molecule has 0 unspecified atom stereocenters. The van der Waals surface area contributed by atoms with E-state index in [0.29, 0.717) is 26.4 Å². The molecule has 108 valence electrons. The molecule has 0 fully saturated rings. The van der Waals surface area contributed by atoms with Crippen LogP contribution in [0, 0.1) is 0 Å². The first-order valence-electron chi connectivity index (χ1n) is 6.82. The van der Waals surface area contributed by atoms with Crippen LogP contribution < -0.4 is 5.32 Å². The van der Waals surface area contributed by atoms with Crippen LogP contribution in [-0.4, -0.2) is 64.5 Å². The van der Waals surface area contributed by atoms with Gasteiger partial charge in [-0.3, -0.25) is 4.99 Å². The number of methoxy groups -OCH3 is 1. The summed E-state index contributed by atoms with van der Waals surface area (Å²) in [6.45, 7) is 8.79. The second-order valence-electron chi connectivity index (χ2n) is 4.12. The summed E-state index contributed by atoms with van der Waals surface area (Å²) < 4.78 is 10.3. The number of nitrogens with one attached hydrogen (secondary N) is 1. The molecule has 0 saturated heterocycles. The highest BCUT2D eigenvalue weighted by molar-refractivity contribution is 5.79. The first kappa shape index (κ1) is 17.2. The van der Waals surface area contributed by atoms with Crippen molar-refractivity contribution in [1.29, 1.82) is 0 Å². The Bertz CT molecular complexity index is 210. The minimum absolute atomic E-state index is 0.633. The van der Waals surface area contributed by atoms with Gasteiger partial charge in [0, 0.05) is 27.2 Å². The van der Waals surface area contributed by atoms with E-state index in [0.717, 1.165) is 19.0 Å². The molecule has 0 aliphatic heterocycles. The zero-order chi connectivity index (χ0) is 13.6. The third kappa shape index (κ3) is 9.24. The van der Waals surface area contributed by atoms with Gasteiger partial charge < -0.3 is 19.7 Å². The van der Waals surface area contributed by atoms with Crippen LogP contribution in [0.2, 0.25) is 0 Å². The lowest BCUT2D eigenvalue weighted by molar-refractivity contribution is 0.0747. The molecule has 0 bridgehead atoms. The second-order valence-corrected chi connectivity index (χ2v) is 4.12. The van der Waals surface area contributed by atoms with Crippen LogP contribution in [0.25, 0.3) is 0 Å². The van der Waals surface area contributed by atoms with E-state index < -0.39 is 0 Å². The van der Waals surface area contributed by atoms with E-state index in [9.17, 15) is 0 Å². The van der Waals surface area contributed by atoms with Crippen molar-refractivity contribution in [3.63, 3.8) is 0 Å². The van der Waals surface area contributed by atoms with Crippen molar-refractivity contribution >= 4 is 5.96 Å². The standard InChI is InChI=1S/C13H29N3O2/c1-5-7-9-16(3)13(14-6-2)15-8-10-18-12-11-17-4/h5-12H2,1-4H3,(H,14,15). The fourth-order valence-electron chi connectivity index (χ4n) is 1.43. The van der Waals surface area contributed by atoms with Gasteiger partial charge in [0.1, 0.15) is 0 Å². The Morgan fingerprint density at radius 2 is 2.00 bits per heavy atom. The molecule has 0 spiro atoms. The molecule has 0 aliphatic rings. The average molecular weight is 259 g/mol. The van der Waals surface area contributed by atoms with Gasteiger partial charge in [0.25, 0.3) is 0 Å². The highest BCUT2D eigenvalue weighted by atomic mass is 16.5. The van der Waals surface area contributed by atoms with Gasteiger partial charge in [0.2, 0.25) is 0 Å². The molecule has 5 nitrogen and oxygen atoms in total. The van der Waals surface area contributed by atoms with Crippen molar-refractivity contribution < 1.29 is 9.47 Å². The predicted octanol–water partition coefficient (Wildman–Crippen LogP) is 1.35. The van der Waals surface area contributed by atoms with Gasteiger partial charge in [0.05, 0.1) is 26.4 Å². The summed E-state index contributed by atoms with van der Waals surface area (Å²) in [7, 11) is 3.75. The van der Waals surface area contributed by atoms with Crippen molar-refractivity contribution in [3.05, 3.63) is 0 Å². The molecule has 0 atom stereocenters. The van der Waals surface area contributed by atoms with E-state index in [1.165, 1.54) is 12.8 Å². The Hall–Kier alpha value is -0.810. The maximum Gasteiger partial charge on any atom is 0.193 e. The lowest BCUT2D eigenvalue weighted by Gasteiger charge is -2.21. The number of hydrogen-bond acceptors (Lipinski definition) is 3. The molecule has 0 aromatic rings. The van der Waals surface area contributed by atoms with Gasteiger partial charge >= 0.3 is 0 Å². The molecule has 0 saturated carbocycles. The van der Waals surface area contributed by atoms with E-state index >= 15 is 0 Å². The lowest BCUT2D eigenvalue weighted by atomic mass is 10.3. The van der Waals surface area contributed by atoms with Crippen LogP contribution in [-0.2, 0) is 9.47 Å². The molecule has 0 aromatic carbocycles. The van der Waals surface area contributed by atoms with Crippen LogP contribution in [0.1, 0.15) is 26.7 Å². The first-order valence-corrected chi connectivity index (χ1v) is 6.82. The summed E-state index contributed by atoms with van der Waals surface area (Å²) in [5.74, 6) is 0.960. The van der Waals surface area contributed by atoms with Gasteiger partial charge in [-0.25, -0.2) is 0 Å². The molecule has 0 radical (unpaired) electrons. The molecule has 1 N–H and O–H groups in total. The topological polar surface area (TPSA) is 46.1 Å². The average Bonchev–Trinajstić information content (AvgIpc) is 2.38. The summed E-state index contributed by atoms with van der Waals surface area (Å²) >= 11 is 0. The van der Waals surface area contributed by atoms with Gasteiger partial charge in [-0.2, -0.15) is 0 Å². The van der Waals surface area contributed by atoms with E-state index in [1.807, 2.05) is 0 Å². The summed E-state index contributed by atoms with van der Waals surface area (Å²) in [5, 5.41) is 3.29. The SMILES string of the molecule is CCCCN(C)C(=NCCOCCOC)NCC. The fraction of sp³-hybridized carbons (Fsp3) is 0.923. The number of rotatable bonds is 10. The van der Waals surface area contributed by atoms with Crippen molar-refractivity contribution in [2.75, 3.05) is 53.6 Å². The van der Waals surface area contributed by atoms with E-state index in [4.69, 9.17) is 9.47 Å². The zero-order valence-electron chi connectivity index (χ0n) is 12.4. The molecular formula is C13H29N3O2. The molecule has 0 amide bonds. The Morgan fingerprint density at radius 3 is 2.61 bits per heavy atom. The monoisotopic (exact) mass is 259 g/mol. The van der Waals surface area contributed by atoms with E-state index in [2.05, 4.69) is 36.1 Å². The van der Waals surface area contributed by atoms with Crippen molar-refractivity contribution in [1.82, 2.24) is 10.2 Å². The fourth-order valence-corrected chi connectivity index (χ4v) is 1.43. The Balaban J connectivity index is 3.90. The second kappa shape index (κ2) is 12.6. The molecule has 18 heavy (non-hydrogen) atoms. The number of guanidine groups is 1. The molecule has 0 heterocycles. The van der Waals surface area contributed by atoms with Crippen LogP contribution in [0.15, 0.2) is 4.99 Å². The molecule has 5 heteroatoms. The Kier molecular flexibility index (Phi) is 12.1. The largest absolute Gasteiger partial charge is 0.382 e. The molecule has 0 aromatic heterocycles. The number of ether oxygens (including phenoxy) is 2. The predicted molar refractivity (Wildman–Crippen MR) is 76.2 cm³/mol. The highest BCUT2D eigenvalue weighted by Gasteiger charge is 2.03. The minimum Gasteiger partial charge on any atom is -0.382 e. The van der Waals surface area contributed by atoms with Crippen LogP contribution in [0.3, 0.4) is 0 Å². The Morgan fingerprint density at radius 1 is 1.22 bits per heavy atom. The number of aliphatic imine (C=N–C) groups is 1. The summed E-state index contributed by atoms with van der Waals surface area (Å²) in [5.41, 5.74) is 0. The van der Waals surface area contributed by atoms with Gasteiger partial charge in [-0.1, -0.05) is 13.3 Å². The Labute approximate surface area is 112 Å². The van der Waals surface area contributed by atoms with Crippen molar-refractivity contribution in [2.24, 2.45) is 4.99 Å². The van der Waals surface area contributed by atoms with Gasteiger partial charge in [-0.15, -0.1) is 0 Å². The first-order chi connectivity index (χ1) is 8.76. The normalized spacial score (nSPS) is 11.7. The minimum atomic E-state index is 0.633. The summed E-state index contributed by atoms with van der Waals surface area (Å²) in [6.07, 6.45) is 2.38. The maximum absolute atomic E-state index is 5.39. The quantitative estimate of drug-likeness (QED) is 0.365. The molecule has 0 rings (SSSR count). The van der Waals surface area contributed by atoms with E-state index in [-0.39, 0.29) is 0 Å².